The molecule has 0 radical (unpaired) electrons. The molecule has 1 saturated heterocycles. The summed E-state index contributed by atoms with van der Waals surface area (Å²) in [4.78, 5) is 0. The topological polar surface area (TPSA) is 29.5 Å². The monoisotopic (exact) mass is 240 g/mol. The van der Waals surface area contributed by atoms with Gasteiger partial charge in [-0.1, -0.05) is 13.3 Å². The number of aliphatic hydroxyl groups is 1. The van der Waals surface area contributed by atoms with Crippen molar-refractivity contribution in [2.24, 2.45) is 11.8 Å². The first-order valence-electron chi connectivity index (χ1n) is 7.14. The van der Waals surface area contributed by atoms with E-state index in [1.54, 1.807) is 0 Å². The molecule has 1 aliphatic heterocycles. The maximum absolute atomic E-state index is 11.1. The molecule has 2 atom stereocenters. The molecule has 0 aromatic carbocycles. The third-order valence-electron chi connectivity index (χ3n) is 4.61. The first kappa shape index (κ1) is 13.4. The van der Waals surface area contributed by atoms with Crippen molar-refractivity contribution >= 4 is 0 Å². The van der Waals surface area contributed by atoms with Crippen LogP contribution in [0.2, 0.25) is 0 Å². The first-order chi connectivity index (χ1) is 7.71. The number of ether oxygens (including phenoxy) is 1. The summed E-state index contributed by atoms with van der Waals surface area (Å²) in [5, 5.41) is 11.1. The van der Waals surface area contributed by atoms with Gasteiger partial charge in [0.1, 0.15) is 0 Å². The molecule has 100 valence electrons. The minimum absolute atomic E-state index is 0.0925. The van der Waals surface area contributed by atoms with Crippen molar-refractivity contribution in [2.45, 2.75) is 83.5 Å². The van der Waals surface area contributed by atoms with E-state index in [9.17, 15) is 5.11 Å². The van der Waals surface area contributed by atoms with Gasteiger partial charge in [0.2, 0.25) is 0 Å². The van der Waals surface area contributed by atoms with Gasteiger partial charge in [-0.3, -0.25) is 0 Å². The van der Waals surface area contributed by atoms with E-state index in [0.717, 1.165) is 19.3 Å². The van der Waals surface area contributed by atoms with Crippen LogP contribution in [0.1, 0.15) is 66.7 Å². The SMILES string of the molecule is CCCC(O)(C1CC1)C1CC(C)(C)OC1(C)C. The first-order valence-corrected chi connectivity index (χ1v) is 7.14. The normalized spacial score (nSPS) is 34.6. The summed E-state index contributed by atoms with van der Waals surface area (Å²) in [5.74, 6) is 0.793. The van der Waals surface area contributed by atoms with Crippen LogP contribution in [-0.4, -0.2) is 21.9 Å². The van der Waals surface area contributed by atoms with Crippen molar-refractivity contribution < 1.29 is 9.84 Å². The van der Waals surface area contributed by atoms with Crippen LogP contribution in [0.25, 0.3) is 0 Å². The highest BCUT2D eigenvalue weighted by atomic mass is 16.5. The molecule has 17 heavy (non-hydrogen) atoms. The van der Waals surface area contributed by atoms with E-state index in [4.69, 9.17) is 4.74 Å². The summed E-state index contributed by atoms with van der Waals surface area (Å²) in [7, 11) is 0. The van der Waals surface area contributed by atoms with Crippen LogP contribution in [-0.2, 0) is 4.74 Å². The third kappa shape index (κ3) is 2.39. The molecule has 1 heterocycles. The summed E-state index contributed by atoms with van der Waals surface area (Å²) < 4.78 is 6.16. The summed E-state index contributed by atoms with van der Waals surface area (Å²) >= 11 is 0. The average Bonchev–Trinajstić information content (AvgIpc) is 2.92. The molecule has 1 saturated carbocycles. The van der Waals surface area contributed by atoms with Gasteiger partial charge >= 0.3 is 0 Å². The van der Waals surface area contributed by atoms with E-state index < -0.39 is 5.60 Å². The fraction of sp³-hybridized carbons (Fsp3) is 1.00. The zero-order chi connectivity index (χ0) is 12.9. The number of hydrogen-bond acceptors (Lipinski definition) is 2. The Bertz CT molecular complexity index is 291. The molecule has 2 unspecified atom stereocenters. The van der Waals surface area contributed by atoms with Gasteiger partial charge in [-0.2, -0.15) is 0 Å². The van der Waals surface area contributed by atoms with E-state index >= 15 is 0 Å². The lowest BCUT2D eigenvalue weighted by Crippen LogP contribution is -2.48. The molecule has 2 heteroatoms. The van der Waals surface area contributed by atoms with Gasteiger partial charge in [-0.25, -0.2) is 0 Å². The lowest BCUT2D eigenvalue weighted by molar-refractivity contribution is -0.124. The van der Waals surface area contributed by atoms with Gasteiger partial charge in [0, 0.05) is 5.92 Å². The van der Waals surface area contributed by atoms with E-state index in [1.807, 2.05) is 0 Å². The molecule has 2 fully saturated rings. The quantitative estimate of drug-likeness (QED) is 0.814. The second-order valence-electron chi connectivity index (χ2n) is 7.24. The largest absolute Gasteiger partial charge is 0.389 e. The minimum atomic E-state index is -0.494. The fourth-order valence-corrected chi connectivity index (χ4v) is 3.99. The van der Waals surface area contributed by atoms with Crippen molar-refractivity contribution in [3.63, 3.8) is 0 Å². The zero-order valence-corrected chi connectivity index (χ0v) is 12.0. The Kier molecular flexibility index (Phi) is 3.11. The van der Waals surface area contributed by atoms with Crippen LogP contribution in [0.5, 0.6) is 0 Å². The van der Waals surface area contributed by atoms with Crippen LogP contribution in [0.15, 0.2) is 0 Å². The molecular weight excluding hydrogens is 212 g/mol. The summed E-state index contributed by atoms with van der Waals surface area (Å²) in [6.45, 7) is 10.8. The molecule has 0 amide bonds. The lowest BCUT2D eigenvalue weighted by Gasteiger charge is -2.40. The highest BCUT2D eigenvalue weighted by Crippen LogP contribution is 2.55. The summed E-state index contributed by atoms with van der Waals surface area (Å²) in [5.41, 5.74) is -0.785. The molecule has 0 aromatic rings. The Hall–Kier alpha value is -0.0800. The van der Waals surface area contributed by atoms with E-state index in [2.05, 4.69) is 34.6 Å². The van der Waals surface area contributed by atoms with E-state index in [0.29, 0.717) is 5.92 Å². The molecule has 0 bridgehead atoms. The summed E-state index contributed by atoms with van der Waals surface area (Å²) in [6, 6.07) is 0. The van der Waals surface area contributed by atoms with Gasteiger partial charge in [0.25, 0.3) is 0 Å². The Morgan fingerprint density at radius 2 is 1.82 bits per heavy atom. The maximum atomic E-state index is 11.1. The van der Waals surface area contributed by atoms with E-state index in [-0.39, 0.29) is 17.1 Å². The van der Waals surface area contributed by atoms with Crippen LogP contribution in [0.3, 0.4) is 0 Å². The molecule has 2 nitrogen and oxygen atoms in total. The third-order valence-corrected chi connectivity index (χ3v) is 4.61. The van der Waals surface area contributed by atoms with Crippen molar-refractivity contribution in [3.8, 4) is 0 Å². The Balaban J connectivity index is 2.24. The standard InChI is InChI=1S/C15H28O2/c1-6-9-15(16,11-7-8-11)12-10-13(2,3)17-14(12,4)5/h11-12,16H,6-10H2,1-5H3. The van der Waals surface area contributed by atoms with Gasteiger partial charge in [-0.15, -0.1) is 0 Å². The van der Waals surface area contributed by atoms with E-state index in [1.165, 1.54) is 12.8 Å². The smallest absolute Gasteiger partial charge is 0.0732 e. The Labute approximate surface area is 106 Å². The molecule has 2 aliphatic rings. The number of hydrogen-bond donors (Lipinski definition) is 1. The lowest BCUT2D eigenvalue weighted by atomic mass is 9.70. The van der Waals surface area contributed by atoms with Crippen molar-refractivity contribution in [3.05, 3.63) is 0 Å². The predicted molar refractivity (Wildman–Crippen MR) is 69.9 cm³/mol. The van der Waals surface area contributed by atoms with Crippen LogP contribution < -0.4 is 0 Å². The summed E-state index contributed by atoms with van der Waals surface area (Å²) in [6.07, 6.45) is 5.35. The van der Waals surface area contributed by atoms with Crippen LogP contribution in [0.4, 0.5) is 0 Å². The highest BCUT2D eigenvalue weighted by Gasteiger charge is 2.59. The molecule has 1 aliphatic carbocycles. The van der Waals surface area contributed by atoms with Gasteiger partial charge in [-0.05, 0) is 59.3 Å². The minimum Gasteiger partial charge on any atom is -0.389 e. The fourth-order valence-electron chi connectivity index (χ4n) is 3.99. The van der Waals surface area contributed by atoms with Gasteiger partial charge in [0.15, 0.2) is 0 Å². The van der Waals surface area contributed by atoms with Crippen LogP contribution >= 0.6 is 0 Å². The number of rotatable bonds is 4. The molecular formula is C15H28O2. The van der Waals surface area contributed by atoms with Gasteiger partial charge < -0.3 is 9.84 Å². The van der Waals surface area contributed by atoms with Crippen molar-refractivity contribution in [1.82, 2.24) is 0 Å². The molecule has 0 aromatic heterocycles. The average molecular weight is 240 g/mol. The van der Waals surface area contributed by atoms with Crippen LogP contribution in [0, 0.1) is 11.8 Å². The predicted octanol–water partition coefficient (Wildman–Crippen LogP) is 3.52. The Morgan fingerprint density at radius 3 is 2.18 bits per heavy atom. The second kappa shape index (κ2) is 3.96. The van der Waals surface area contributed by atoms with Gasteiger partial charge in [0.05, 0.1) is 16.8 Å². The zero-order valence-electron chi connectivity index (χ0n) is 12.0. The van der Waals surface area contributed by atoms with Crippen molar-refractivity contribution in [1.29, 1.82) is 0 Å². The molecule has 1 N–H and O–H groups in total. The highest BCUT2D eigenvalue weighted by molar-refractivity contribution is 5.08. The molecule has 2 rings (SSSR count). The maximum Gasteiger partial charge on any atom is 0.0732 e. The van der Waals surface area contributed by atoms with Crippen molar-refractivity contribution in [2.75, 3.05) is 0 Å². The Morgan fingerprint density at radius 1 is 1.24 bits per heavy atom. The second-order valence-corrected chi connectivity index (χ2v) is 7.24. The molecule has 0 spiro atoms.